The highest BCUT2D eigenvalue weighted by Gasteiger charge is 2.19. The van der Waals surface area contributed by atoms with Gasteiger partial charge in [0.2, 0.25) is 0 Å². The van der Waals surface area contributed by atoms with E-state index in [4.69, 9.17) is 4.74 Å². The molecule has 144 valence electrons. The van der Waals surface area contributed by atoms with Gasteiger partial charge in [0.05, 0.1) is 18.3 Å². The van der Waals surface area contributed by atoms with E-state index >= 15 is 0 Å². The van der Waals surface area contributed by atoms with Gasteiger partial charge in [-0.05, 0) is 35.4 Å². The third-order valence-corrected chi connectivity index (χ3v) is 4.92. The number of methoxy groups -OCH3 is 1. The van der Waals surface area contributed by atoms with E-state index in [-0.39, 0.29) is 5.69 Å². The van der Waals surface area contributed by atoms with Crippen molar-refractivity contribution < 1.29 is 14.6 Å². The van der Waals surface area contributed by atoms with Crippen molar-refractivity contribution >= 4 is 22.4 Å². The summed E-state index contributed by atoms with van der Waals surface area (Å²) in [4.78, 5) is 16.5. The molecule has 2 aromatic carbocycles. The van der Waals surface area contributed by atoms with Crippen LogP contribution in [-0.4, -0.2) is 27.7 Å². The molecule has 4 aromatic rings. The number of allylic oxidation sites excluding steroid dienone is 1. The Labute approximate surface area is 168 Å². The van der Waals surface area contributed by atoms with E-state index in [2.05, 4.69) is 11.6 Å². The number of nitrogens with zero attached hydrogens (tertiary/aromatic N) is 2. The van der Waals surface area contributed by atoms with Gasteiger partial charge in [-0.2, -0.15) is 0 Å². The first kappa shape index (κ1) is 18.5. The van der Waals surface area contributed by atoms with Gasteiger partial charge in [0, 0.05) is 23.7 Å². The van der Waals surface area contributed by atoms with E-state index in [1.54, 1.807) is 23.9 Å². The Morgan fingerprint density at radius 1 is 1.10 bits per heavy atom. The van der Waals surface area contributed by atoms with Crippen molar-refractivity contribution in [3.05, 3.63) is 90.8 Å². The topological polar surface area (TPSA) is 64.4 Å². The van der Waals surface area contributed by atoms with Crippen LogP contribution in [0.3, 0.4) is 0 Å². The fourth-order valence-electron chi connectivity index (χ4n) is 3.49. The van der Waals surface area contributed by atoms with E-state index in [0.29, 0.717) is 12.2 Å². The molecule has 5 nitrogen and oxygen atoms in total. The van der Waals surface area contributed by atoms with E-state index in [9.17, 15) is 9.90 Å². The minimum atomic E-state index is -0.987. The highest BCUT2D eigenvalue weighted by molar-refractivity contribution is 6.00. The molecule has 0 aliphatic carbocycles. The average molecular weight is 384 g/mol. The number of carboxylic acid groups (broad SMARTS) is 1. The summed E-state index contributed by atoms with van der Waals surface area (Å²) in [5.74, 6) is -0.268. The van der Waals surface area contributed by atoms with E-state index in [1.165, 1.54) is 0 Å². The number of carbonyl (C=O) groups is 1. The van der Waals surface area contributed by atoms with Crippen molar-refractivity contribution in [2.24, 2.45) is 0 Å². The molecule has 1 N–H and O–H groups in total. The third-order valence-electron chi connectivity index (χ3n) is 4.92. The molecule has 0 aliphatic heterocycles. The molecule has 0 bridgehead atoms. The molecular weight excluding hydrogens is 364 g/mol. The molecular formula is C24H20N2O3. The summed E-state index contributed by atoms with van der Waals surface area (Å²) in [6.45, 7) is 4.54. The summed E-state index contributed by atoms with van der Waals surface area (Å²) in [5.41, 5.74) is 4.40. The largest absolute Gasteiger partial charge is 0.497 e. The molecule has 0 saturated heterocycles. The highest BCUT2D eigenvalue weighted by Crippen LogP contribution is 2.32. The number of rotatable bonds is 6. The molecule has 4 rings (SSSR count). The normalized spacial score (nSPS) is 10.8. The van der Waals surface area contributed by atoms with Crippen LogP contribution in [0, 0.1) is 0 Å². The lowest BCUT2D eigenvalue weighted by molar-refractivity contribution is 0.0686. The lowest BCUT2D eigenvalue weighted by Gasteiger charge is -2.12. The number of fused-ring (bicyclic) bond motifs is 1. The van der Waals surface area contributed by atoms with E-state index in [1.807, 2.05) is 60.7 Å². The van der Waals surface area contributed by atoms with Crippen molar-refractivity contribution in [1.82, 2.24) is 9.55 Å². The van der Waals surface area contributed by atoms with Crippen molar-refractivity contribution in [1.29, 1.82) is 0 Å². The Bertz CT molecular complexity index is 1210. The highest BCUT2D eigenvalue weighted by atomic mass is 16.5. The zero-order valence-corrected chi connectivity index (χ0v) is 16.0. The van der Waals surface area contributed by atoms with Crippen LogP contribution in [0.2, 0.25) is 0 Å². The van der Waals surface area contributed by atoms with Crippen LogP contribution in [0.25, 0.3) is 27.7 Å². The molecule has 0 saturated carbocycles. The number of aromatic nitrogens is 2. The summed E-state index contributed by atoms with van der Waals surface area (Å²) in [5, 5.41) is 10.6. The SMILES string of the molecule is C=C(Cn1c(C(=O)O)cc2c(-c3cccc(OC)c3)nccc21)c1ccccc1. The van der Waals surface area contributed by atoms with Gasteiger partial charge in [-0.3, -0.25) is 4.98 Å². The summed E-state index contributed by atoms with van der Waals surface area (Å²) in [6, 6.07) is 20.9. The van der Waals surface area contributed by atoms with Gasteiger partial charge in [-0.25, -0.2) is 4.79 Å². The predicted molar refractivity (Wildman–Crippen MR) is 114 cm³/mol. The van der Waals surface area contributed by atoms with E-state index < -0.39 is 5.97 Å². The molecule has 29 heavy (non-hydrogen) atoms. The Morgan fingerprint density at radius 3 is 2.62 bits per heavy atom. The third kappa shape index (κ3) is 3.50. The Hall–Kier alpha value is -3.86. The zero-order chi connectivity index (χ0) is 20.4. The van der Waals surface area contributed by atoms with Crippen LogP contribution in [-0.2, 0) is 6.54 Å². The van der Waals surface area contributed by atoms with Crippen LogP contribution in [0.15, 0.2) is 79.5 Å². The van der Waals surface area contributed by atoms with Gasteiger partial charge in [0.1, 0.15) is 11.4 Å². The first-order valence-electron chi connectivity index (χ1n) is 9.17. The number of ether oxygens (including phenoxy) is 1. The monoisotopic (exact) mass is 384 g/mol. The molecule has 0 amide bonds. The second-order valence-electron chi connectivity index (χ2n) is 6.71. The maximum Gasteiger partial charge on any atom is 0.352 e. The molecule has 0 fully saturated rings. The summed E-state index contributed by atoms with van der Waals surface area (Å²) < 4.78 is 7.09. The number of hydrogen-bond acceptors (Lipinski definition) is 3. The first-order valence-corrected chi connectivity index (χ1v) is 9.17. The second kappa shape index (κ2) is 7.64. The van der Waals surface area contributed by atoms with Gasteiger partial charge in [0.15, 0.2) is 0 Å². The molecule has 2 aromatic heterocycles. The Morgan fingerprint density at radius 2 is 1.90 bits per heavy atom. The summed E-state index contributed by atoms with van der Waals surface area (Å²) in [7, 11) is 1.61. The smallest absolute Gasteiger partial charge is 0.352 e. The number of aromatic carboxylic acids is 1. The average Bonchev–Trinajstić information content (AvgIpc) is 3.13. The minimum absolute atomic E-state index is 0.203. The fraction of sp³-hybridized carbons (Fsp3) is 0.0833. The summed E-state index contributed by atoms with van der Waals surface area (Å²) in [6.07, 6.45) is 1.70. The van der Waals surface area contributed by atoms with Crippen LogP contribution >= 0.6 is 0 Å². The maximum atomic E-state index is 12.0. The van der Waals surface area contributed by atoms with Gasteiger partial charge in [-0.15, -0.1) is 0 Å². The Balaban J connectivity index is 1.85. The molecule has 2 heterocycles. The summed E-state index contributed by atoms with van der Waals surface area (Å²) >= 11 is 0. The maximum absolute atomic E-state index is 12.0. The van der Waals surface area contributed by atoms with Gasteiger partial charge in [0.25, 0.3) is 0 Å². The number of benzene rings is 2. The van der Waals surface area contributed by atoms with Gasteiger partial charge >= 0.3 is 5.97 Å². The van der Waals surface area contributed by atoms with Gasteiger partial charge in [-0.1, -0.05) is 49.0 Å². The van der Waals surface area contributed by atoms with Crippen molar-refractivity contribution in [3.63, 3.8) is 0 Å². The fourth-order valence-corrected chi connectivity index (χ4v) is 3.49. The standard InChI is InChI=1S/C24H20N2O3/c1-16(17-7-4-3-5-8-17)15-26-21-11-12-25-23(20(21)14-22(26)24(27)28)18-9-6-10-19(13-18)29-2/h3-14H,1,15H2,2H3,(H,27,28). The van der Waals surface area contributed by atoms with Crippen LogP contribution in [0.4, 0.5) is 0 Å². The zero-order valence-electron chi connectivity index (χ0n) is 16.0. The second-order valence-corrected chi connectivity index (χ2v) is 6.71. The molecule has 0 spiro atoms. The number of hydrogen-bond donors (Lipinski definition) is 1. The number of pyridine rings is 1. The first-order chi connectivity index (χ1) is 14.1. The van der Waals surface area contributed by atoms with Crippen LogP contribution in [0.1, 0.15) is 16.1 Å². The number of carboxylic acids is 1. The quantitative estimate of drug-likeness (QED) is 0.501. The molecule has 0 unspecified atom stereocenters. The van der Waals surface area contributed by atoms with E-state index in [0.717, 1.165) is 33.4 Å². The van der Waals surface area contributed by atoms with Crippen molar-refractivity contribution in [2.45, 2.75) is 6.54 Å². The minimum Gasteiger partial charge on any atom is -0.497 e. The van der Waals surface area contributed by atoms with Gasteiger partial charge < -0.3 is 14.4 Å². The molecule has 5 heteroatoms. The molecule has 0 aliphatic rings. The molecule has 0 atom stereocenters. The predicted octanol–water partition coefficient (Wildman–Crippen LogP) is 5.12. The Kier molecular flexibility index (Phi) is 4.87. The molecule has 0 radical (unpaired) electrons. The van der Waals surface area contributed by atoms with Crippen LogP contribution < -0.4 is 4.74 Å². The van der Waals surface area contributed by atoms with Crippen LogP contribution in [0.5, 0.6) is 5.75 Å². The lowest BCUT2D eigenvalue weighted by atomic mass is 10.1. The lowest BCUT2D eigenvalue weighted by Crippen LogP contribution is -2.09. The van der Waals surface area contributed by atoms with Crippen molar-refractivity contribution in [2.75, 3.05) is 7.11 Å². The van der Waals surface area contributed by atoms with Crippen molar-refractivity contribution in [3.8, 4) is 17.0 Å².